The zero-order chi connectivity index (χ0) is 21.9. The molecule has 0 radical (unpaired) electrons. The van der Waals surface area contributed by atoms with Gasteiger partial charge in [-0.05, 0) is 37.7 Å². The van der Waals surface area contributed by atoms with Crippen molar-refractivity contribution in [2.75, 3.05) is 26.8 Å². The molecular formula is C22H24ClF3N2O2. The van der Waals surface area contributed by atoms with Gasteiger partial charge in [0.2, 0.25) is 0 Å². The van der Waals surface area contributed by atoms with Crippen molar-refractivity contribution < 1.29 is 22.7 Å². The number of carbonyl (C=O) groups is 1. The molecule has 2 aromatic carbocycles. The lowest BCUT2D eigenvalue weighted by Gasteiger charge is -2.44. The van der Waals surface area contributed by atoms with Gasteiger partial charge in [-0.3, -0.25) is 9.69 Å². The number of hydrogen-bond donors (Lipinski definition) is 1. The number of likely N-dealkylation sites (N-methyl/N-ethyl adjacent to an activating group) is 1. The molecule has 8 heteroatoms. The van der Waals surface area contributed by atoms with E-state index in [1.165, 1.54) is 12.1 Å². The second kappa shape index (κ2) is 8.96. The number of rotatable bonds is 6. The van der Waals surface area contributed by atoms with Crippen LogP contribution in [0.1, 0.15) is 40.9 Å². The Labute approximate surface area is 179 Å². The number of hydrogen-bond acceptors (Lipinski definition) is 3. The highest BCUT2D eigenvalue weighted by Crippen LogP contribution is 2.39. The molecular weight excluding hydrogens is 417 g/mol. The molecule has 0 aliphatic carbocycles. The number of alkyl halides is 3. The second-order valence-corrected chi connectivity index (χ2v) is 7.78. The molecule has 2 atom stereocenters. The van der Waals surface area contributed by atoms with Crippen LogP contribution < -0.4 is 5.32 Å². The normalized spacial score (nSPS) is 20.4. The van der Waals surface area contributed by atoms with Crippen LogP contribution in [0.5, 0.6) is 0 Å². The maximum atomic E-state index is 13.2. The topological polar surface area (TPSA) is 41.6 Å². The third kappa shape index (κ3) is 4.33. The van der Waals surface area contributed by atoms with E-state index >= 15 is 0 Å². The number of nitrogens with one attached hydrogen (secondary N) is 1. The van der Waals surface area contributed by atoms with Crippen molar-refractivity contribution in [3.63, 3.8) is 0 Å². The van der Waals surface area contributed by atoms with Gasteiger partial charge in [0.05, 0.1) is 34.3 Å². The summed E-state index contributed by atoms with van der Waals surface area (Å²) >= 11 is 5.99. The van der Waals surface area contributed by atoms with E-state index in [2.05, 4.69) is 10.2 Å². The van der Waals surface area contributed by atoms with E-state index in [4.69, 9.17) is 16.3 Å². The summed E-state index contributed by atoms with van der Waals surface area (Å²) in [6.45, 7) is 3.65. The highest BCUT2D eigenvalue weighted by Gasteiger charge is 2.47. The first-order valence-corrected chi connectivity index (χ1v) is 10.1. The minimum absolute atomic E-state index is 0.208. The van der Waals surface area contributed by atoms with Crippen LogP contribution >= 0.6 is 11.6 Å². The van der Waals surface area contributed by atoms with Crippen molar-refractivity contribution >= 4 is 17.5 Å². The van der Waals surface area contributed by atoms with Gasteiger partial charge in [-0.25, -0.2) is 0 Å². The molecule has 1 N–H and O–H groups in total. The van der Waals surface area contributed by atoms with Crippen LogP contribution in [0.25, 0.3) is 0 Å². The molecule has 1 aliphatic heterocycles. The first kappa shape index (κ1) is 22.6. The molecule has 0 saturated carbocycles. The minimum atomic E-state index is -4.64. The molecule has 2 aromatic rings. The molecule has 3 rings (SSSR count). The lowest BCUT2D eigenvalue weighted by Crippen LogP contribution is -2.56. The predicted octanol–water partition coefficient (Wildman–Crippen LogP) is 4.94. The smallest absolute Gasteiger partial charge is 0.379 e. The van der Waals surface area contributed by atoms with Gasteiger partial charge in [-0.2, -0.15) is 13.2 Å². The lowest BCUT2D eigenvalue weighted by molar-refractivity contribution is -0.137. The summed E-state index contributed by atoms with van der Waals surface area (Å²) in [5.74, 6) is -0.657. The molecule has 1 amide bonds. The van der Waals surface area contributed by atoms with E-state index in [1.54, 1.807) is 0 Å². The molecule has 1 heterocycles. The molecule has 0 aromatic heterocycles. The van der Waals surface area contributed by atoms with Gasteiger partial charge >= 0.3 is 6.18 Å². The standard InChI is InChI=1S/C22H24ClF3N2O2/c1-3-28(2)21(12-13-30-14-21)19(15-8-5-4-6-9-15)27-20(29)16-10-7-11-17(18(16)23)22(24,25)26/h4-11,19H,3,12-14H2,1-2H3,(H,27,29). The molecule has 30 heavy (non-hydrogen) atoms. The Morgan fingerprint density at radius 2 is 1.93 bits per heavy atom. The summed E-state index contributed by atoms with van der Waals surface area (Å²) in [6.07, 6.45) is -3.97. The number of halogens is 4. The van der Waals surface area contributed by atoms with Gasteiger partial charge in [0.15, 0.2) is 0 Å². The van der Waals surface area contributed by atoms with Crippen LogP contribution in [0.3, 0.4) is 0 Å². The SMILES string of the molecule is CCN(C)C1(C(NC(=O)c2cccc(C(F)(F)F)c2Cl)c2ccccc2)CCOC1. The van der Waals surface area contributed by atoms with E-state index in [-0.39, 0.29) is 5.56 Å². The molecule has 0 bridgehead atoms. The van der Waals surface area contributed by atoms with Crippen molar-refractivity contribution in [2.45, 2.75) is 31.1 Å². The summed E-state index contributed by atoms with van der Waals surface area (Å²) in [5, 5.41) is 2.35. The van der Waals surface area contributed by atoms with Crippen LogP contribution in [0.4, 0.5) is 13.2 Å². The van der Waals surface area contributed by atoms with Crippen LogP contribution in [0.15, 0.2) is 48.5 Å². The molecule has 1 fully saturated rings. The quantitative estimate of drug-likeness (QED) is 0.691. The predicted molar refractivity (Wildman–Crippen MR) is 110 cm³/mol. The molecule has 162 valence electrons. The van der Waals surface area contributed by atoms with E-state index in [0.717, 1.165) is 11.6 Å². The monoisotopic (exact) mass is 440 g/mol. The summed E-state index contributed by atoms with van der Waals surface area (Å²) in [6, 6.07) is 12.2. The molecule has 2 unspecified atom stereocenters. The van der Waals surface area contributed by atoms with Gasteiger partial charge in [0.1, 0.15) is 0 Å². The van der Waals surface area contributed by atoms with Gasteiger partial charge in [0, 0.05) is 6.61 Å². The third-order valence-electron chi connectivity index (χ3n) is 5.76. The minimum Gasteiger partial charge on any atom is -0.379 e. The van der Waals surface area contributed by atoms with E-state index in [9.17, 15) is 18.0 Å². The molecule has 1 aliphatic rings. The van der Waals surface area contributed by atoms with Crippen molar-refractivity contribution in [3.8, 4) is 0 Å². The fraction of sp³-hybridized carbons (Fsp3) is 0.409. The summed E-state index contributed by atoms with van der Waals surface area (Å²) in [7, 11) is 1.95. The highest BCUT2D eigenvalue weighted by molar-refractivity contribution is 6.34. The summed E-state index contributed by atoms with van der Waals surface area (Å²) in [4.78, 5) is 15.2. The van der Waals surface area contributed by atoms with Gasteiger partial charge < -0.3 is 10.1 Å². The zero-order valence-corrected chi connectivity index (χ0v) is 17.6. The lowest BCUT2D eigenvalue weighted by atomic mass is 9.82. The zero-order valence-electron chi connectivity index (χ0n) is 16.8. The van der Waals surface area contributed by atoms with E-state index in [0.29, 0.717) is 26.2 Å². The summed E-state index contributed by atoms with van der Waals surface area (Å²) < 4.78 is 45.4. The molecule has 1 saturated heterocycles. The fourth-order valence-corrected chi connectivity index (χ4v) is 4.26. The van der Waals surface area contributed by atoms with Crippen LogP contribution in [-0.4, -0.2) is 43.2 Å². The fourth-order valence-electron chi connectivity index (χ4n) is 3.94. The number of benzene rings is 2. The Kier molecular flexibility index (Phi) is 6.75. The first-order chi connectivity index (χ1) is 14.2. The third-order valence-corrected chi connectivity index (χ3v) is 6.17. The number of amides is 1. The average molecular weight is 441 g/mol. The maximum absolute atomic E-state index is 13.2. The Morgan fingerprint density at radius 3 is 2.50 bits per heavy atom. The van der Waals surface area contributed by atoms with Gasteiger partial charge in [-0.1, -0.05) is 54.9 Å². The maximum Gasteiger partial charge on any atom is 0.417 e. The van der Waals surface area contributed by atoms with Crippen molar-refractivity contribution in [3.05, 3.63) is 70.2 Å². The van der Waals surface area contributed by atoms with Crippen molar-refractivity contribution in [2.24, 2.45) is 0 Å². The summed E-state index contributed by atoms with van der Waals surface area (Å²) in [5.41, 5.74) is -0.919. The Bertz CT molecular complexity index is 884. The first-order valence-electron chi connectivity index (χ1n) is 9.71. The van der Waals surface area contributed by atoms with Gasteiger partial charge in [0.25, 0.3) is 5.91 Å². The van der Waals surface area contributed by atoms with Crippen LogP contribution in [-0.2, 0) is 10.9 Å². The van der Waals surface area contributed by atoms with Gasteiger partial charge in [-0.15, -0.1) is 0 Å². The highest BCUT2D eigenvalue weighted by atomic mass is 35.5. The van der Waals surface area contributed by atoms with Crippen LogP contribution in [0, 0.1) is 0 Å². The van der Waals surface area contributed by atoms with Crippen molar-refractivity contribution in [1.29, 1.82) is 0 Å². The Balaban J connectivity index is 2.02. The second-order valence-electron chi connectivity index (χ2n) is 7.40. The average Bonchev–Trinajstić information content (AvgIpc) is 3.22. The molecule has 0 spiro atoms. The van der Waals surface area contributed by atoms with E-state index in [1.807, 2.05) is 44.3 Å². The van der Waals surface area contributed by atoms with Crippen molar-refractivity contribution in [1.82, 2.24) is 10.2 Å². The van der Waals surface area contributed by atoms with Crippen LogP contribution in [0.2, 0.25) is 5.02 Å². The number of nitrogens with zero attached hydrogens (tertiary/aromatic N) is 1. The Morgan fingerprint density at radius 1 is 1.23 bits per heavy atom. The molecule has 4 nitrogen and oxygen atoms in total. The van der Waals surface area contributed by atoms with E-state index < -0.39 is 34.3 Å². The number of carbonyl (C=O) groups excluding carboxylic acids is 1. The largest absolute Gasteiger partial charge is 0.417 e. The Hall–Kier alpha value is -2.09. The number of ether oxygens (including phenoxy) is 1.